The summed E-state index contributed by atoms with van der Waals surface area (Å²) in [5.74, 6) is 0. The molecule has 2 heteroatoms. The van der Waals surface area contributed by atoms with Gasteiger partial charge in [0.25, 0.3) is 0 Å². The van der Waals surface area contributed by atoms with E-state index in [1.807, 2.05) is 0 Å². The number of nitrogens with zero attached hydrogens (tertiary/aromatic N) is 2. The van der Waals surface area contributed by atoms with Crippen molar-refractivity contribution in [2.45, 2.75) is 19.3 Å². The van der Waals surface area contributed by atoms with Crippen LogP contribution in [0.2, 0.25) is 0 Å². The Bertz CT molecular complexity index is 3910. The van der Waals surface area contributed by atoms with Crippen molar-refractivity contribution in [2.75, 3.05) is 4.90 Å². The van der Waals surface area contributed by atoms with Crippen LogP contribution in [0.4, 0.5) is 17.1 Å². The zero-order valence-electron chi connectivity index (χ0n) is 38.6. The highest BCUT2D eigenvalue weighted by molar-refractivity contribution is 6.14. The van der Waals surface area contributed by atoms with Crippen molar-refractivity contribution in [3.8, 4) is 61.3 Å². The van der Waals surface area contributed by atoms with E-state index in [-0.39, 0.29) is 5.41 Å². The first kappa shape index (κ1) is 40.5. The average Bonchev–Trinajstić information content (AvgIpc) is 3.87. The van der Waals surface area contributed by atoms with Gasteiger partial charge in [-0.25, -0.2) is 0 Å². The standard InChI is InChI=1S/C67H48N2/c1-67(2)60-34-13-9-27-54(60)55-43-40-48(44-61(55)67)51-26-10-14-35-62(51)68(63-36-15-11-28-56(63)58-32-18-23-47-22-17-30-52(65(47)58)45-20-5-3-6-21-45)50-41-38-46(39-42-50)53-31-19-33-59-57-29-12-16-37-64(57)69(66(53)59)49-24-7-4-8-25-49/h3-44H,1-2H3. The van der Waals surface area contributed by atoms with Gasteiger partial charge in [0.05, 0.1) is 22.4 Å². The van der Waals surface area contributed by atoms with Gasteiger partial charge in [0, 0.05) is 44.3 Å². The molecule has 11 aromatic carbocycles. The molecule has 1 aliphatic rings. The minimum Gasteiger partial charge on any atom is -0.309 e. The molecule has 0 saturated heterocycles. The molecule has 12 aromatic rings. The first-order valence-electron chi connectivity index (χ1n) is 24.0. The molecule has 1 aromatic heterocycles. The second-order valence-corrected chi connectivity index (χ2v) is 18.8. The Morgan fingerprint density at radius 1 is 0.348 bits per heavy atom. The molecular weight excluding hydrogens is 833 g/mol. The summed E-state index contributed by atoms with van der Waals surface area (Å²) in [7, 11) is 0. The number of hydrogen-bond acceptors (Lipinski definition) is 1. The Hall–Kier alpha value is -8.72. The van der Waals surface area contributed by atoms with Gasteiger partial charge in [0.15, 0.2) is 0 Å². The second-order valence-electron chi connectivity index (χ2n) is 18.8. The van der Waals surface area contributed by atoms with Gasteiger partial charge < -0.3 is 9.47 Å². The van der Waals surface area contributed by atoms with E-state index in [4.69, 9.17) is 0 Å². The molecule has 69 heavy (non-hydrogen) atoms. The first-order chi connectivity index (χ1) is 34.0. The quantitative estimate of drug-likeness (QED) is 0.148. The van der Waals surface area contributed by atoms with Crippen molar-refractivity contribution < 1.29 is 0 Å². The van der Waals surface area contributed by atoms with Crippen LogP contribution in [0.15, 0.2) is 255 Å². The molecule has 0 aliphatic heterocycles. The summed E-state index contributed by atoms with van der Waals surface area (Å²) < 4.78 is 2.43. The van der Waals surface area contributed by atoms with Crippen LogP contribution in [-0.2, 0) is 5.41 Å². The number of benzene rings is 11. The Morgan fingerprint density at radius 3 is 1.67 bits per heavy atom. The minimum atomic E-state index is -0.126. The maximum atomic E-state index is 2.49. The molecule has 0 atom stereocenters. The highest BCUT2D eigenvalue weighted by atomic mass is 15.1. The van der Waals surface area contributed by atoms with Crippen LogP contribution in [0.25, 0.3) is 93.9 Å². The van der Waals surface area contributed by atoms with Gasteiger partial charge in [-0.1, -0.05) is 220 Å². The molecule has 0 radical (unpaired) electrons. The summed E-state index contributed by atoms with van der Waals surface area (Å²) in [5.41, 5.74) is 21.6. The average molecular weight is 881 g/mol. The summed E-state index contributed by atoms with van der Waals surface area (Å²) in [5, 5.41) is 4.94. The molecule has 326 valence electrons. The maximum absolute atomic E-state index is 2.49. The smallest absolute Gasteiger partial charge is 0.0619 e. The molecule has 1 heterocycles. The van der Waals surface area contributed by atoms with E-state index in [1.165, 1.54) is 88.2 Å². The fraction of sp³-hybridized carbons (Fsp3) is 0.0448. The third-order valence-electron chi connectivity index (χ3n) is 14.6. The van der Waals surface area contributed by atoms with E-state index < -0.39 is 0 Å². The van der Waals surface area contributed by atoms with Crippen molar-refractivity contribution in [1.29, 1.82) is 0 Å². The molecule has 0 bridgehead atoms. The van der Waals surface area contributed by atoms with Gasteiger partial charge >= 0.3 is 0 Å². The molecule has 2 nitrogen and oxygen atoms in total. The molecule has 0 fully saturated rings. The number of anilines is 3. The van der Waals surface area contributed by atoms with Gasteiger partial charge in [-0.2, -0.15) is 0 Å². The Morgan fingerprint density at radius 2 is 0.884 bits per heavy atom. The van der Waals surface area contributed by atoms with Crippen LogP contribution in [-0.4, -0.2) is 4.57 Å². The number of aromatic nitrogens is 1. The second kappa shape index (κ2) is 16.3. The van der Waals surface area contributed by atoms with Crippen molar-refractivity contribution in [3.05, 3.63) is 266 Å². The predicted molar refractivity (Wildman–Crippen MR) is 292 cm³/mol. The summed E-state index contributed by atoms with van der Waals surface area (Å²) in [4.78, 5) is 2.49. The van der Waals surface area contributed by atoms with Crippen molar-refractivity contribution in [1.82, 2.24) is 4.57 Å². The number of rotatable bonds is 8. The number of para-hydroxylation sites is 5. The van der Waals surface area contributed by atoms with Gasteiger partial charge in [0.1, 0.15) is 0 Å². The Kier molecular flexibility index (Phi) is 9.55. The van der Waals surface area contributed by atoms with E-state index in [9.17, 15) is 0 Å². The predicted octanol–water partition coefficient (Wildman–Crippen LogP) is 18.4. The molecule has 0 unspecified atom stereocenters. The van der Waals surface area contributed by atoms with Crippen LogP contribution in [0.1, 0.15) is 25.0 Å². The lowest BCUT2D eigenvalue weighted by atomic mass is 9.81. The van der Waals surface area contributed by atoms with E-state index in [1.54, 1.807) is 0 Å². The molecule has 0 saturated carbocycles. The zero-order valence-corrected chi connectivity index (χ0v) is 38.6. The summed E-state index contributed by atoms with van der Waals surface area (Å²) in [6.07, 6.45) is 0. The third-order valence-corrected chi connectivity index (χ3v) is 14.6. The lowest BCUT2D eigenvalue weighted by Crippen LogP contribution is -2.15. The van der Waals surface area contributed by atoms with Crippen LogP contribution < -0.4 is 4.90 Å². The molecule has 0 spiro atoms. The molecule has 0 amide bonds. The van der Waals surface area contributed by atoms with Gasteiger partial charge in [-0.3, -0.25) is 0 Å². The van der Waals surface area contributed by atoms with E-state index in [0.29, 0.717) is 0 Å². The fourth-order valence-electron chi connectivity index (χ4n) is 11.4. The Balaban J connectivity index is 1.03. The van der Waals surface area contributed by atoms with Gasteiger partial charge in [-0.05, 0) is 109 Å². The summed E-state index contributed by atoms with van der Waals surface area (Å²) >= 11 is 0. The van der Waals surface area contributed by atoms with Crippen molar-refractivity contribution >= 4 is 49.6 Å². The van der Waals surface area contributed by atoms with Crippen LogP contribution in [0.3, 0.4) is 0 Å². The first-order valence-corrected chi connectivity index (χ1v) is 24.0. The lowest BCUT2D eigenvalue weighted by Gasteiger charge is -2.30. The van der Waals surface area contributed by atoms with E-state index >= 15 is 0 Å². The minimum absolute atomic E-state index is 0.126. The monoisotopic (exact) mass is 880 g/mol. The SMILES string of the molecule is CC1(C)c2ccccc2-c2ccc(-c3ccccc3N(c3ccc(-c4cccc5c6ccccc6n(-c6ccccc6)c45)cc3)c3ccccc3-c3cccc4cccc(-c5ccccc5)c34)cc21. The topological polar surface area (TPSA) is 8.17 Å². The number of fused-ring (bicyclic) bond motifs is 7. The van der Waals surface area contributed by atoms with Crippen molar-refractivity contribution in [2.24, 2.45) is 0 Å². The van der Waals surface area contributed by atoms with Gasteiger partial charge in [0.2, 0.25) is 0 Å². The van der Waals surface area contributed by atoms with Crippen LogP contribution in [0, 0.1) is 0 Å². The molecule has 13 rings (SSSR count). The zero-order chi connectivity index (χ0) is 46.1. The van der Waals surface area contributed by atoms with E-state index in [0.717, 1.165) is 33.9 Å². The lowest BCUT2D eigenvalue weighted by molar-refractivity contribution is 0.660. The normalized spacial score (nSPS) is 12.6. The molecule has 1 aliphatic carbocycles. The molecule has 0 N–H and O–H groups in total. The van der Waals surface area contributed by atoms with E-state index in [2.05, 4.69) is 278 Å². The summed E-state index contributed by atoms with van der Waals surface area (Å²) in [6.45, 7) is 4.73. The Labute approximate surface area is 403 Å². The van der Waals surface area contributed by atoms with Crippen molar-refractivity contribution in [3.63, 3.8) is 0 Å². The molecular formula is C67H48N2. The van der Waals surface area contributed by atoms with Crippen LogP contribution in [0.5, 0.6) is 0 Å². The van der Waals surface area contributed by atoms with Gasteiger partial charge in [-0.15, -0.1) is 0 Å². The summed E-state index contributed by atoms with van der Waals surface area (Å²) in [6, 6.07) is 93.7. The maximum Gasteiger partial charge on any atom is 0.0619 e. The highest BCUT2D eigenvalue weighted by Crippen LogP contribution is 2.52. The highest BCUT2D eigenvalue weighted by Gasteiger charge is 2.35. The largest absolute Gasteiger partial charge is 0.309 e. The number of hydrogen-bond donors (Lipinski definition) is 0. The third kappa shape index (κ3) is 6.55. The van der Waals surface area contributed by atoms with Crippen LogP contribution >= 0.6 is 0 Å². The fourth-order valence-corrected chi connectivity index (χ4v) is 11.4.